The standard InChI is InChI=1S/C21H25NO4/c1-5-26-20(24)16-10-15(13-6-8-14(25-4)9-7-13)19-17(22-16)11-21(2,3)12-18(19)23/h6-10,15,22H,5,11-12H2,1-4H3/t15-/m1/s1. The van der Waals surface area contributed by atoms with Gasteiger partial charge in [-0.2, -0.15) is 0 Å². The van der Waals surface area contributed by atoms with Crippen LogP contribution < -0.4 is 10.1 Å². The first-order valence-corrected chi connectivity index (χ1v) is 8.91. The van der Waals surface area contributed by atoms with Gasteiger partial charge in [-0.1, -0.05) is 26.0 Å². The Kier molecular flexibility index (Phi) is 4.90. The minimum atomic E-state index is -0.395. The van der Waals surface area contributed by atoms with E-state index in [1.807, 2.05) is 24.3 Å². The molecule has 3 rings (SSSR count). The van der Waals surface area contributed by atoms with Crippen LogP contribution in [-0.4, -0.2) is 25.5 Å². The minimum absolute atomic E-state index is 0.128. The zero-order chi connectivity index (χ0) is 18.9. The average Bonchev–Trinajstić information content (AvgIpc) is 2.59. The van der Waals surface area contributed by atoms with E-state index in [0.717, 1.165) is 29.0 Å². The van der Waals surface area contributed by atoms with Gasteiger partial charge in [0, 0.05) is 23.6 Å². The molecule has 5 heteroatoms. The van der Waals surface area contributed by atoms with Gasteiger partial charge in [-0.05, 0) is 42.5 Å². The SMILES string of the molecule is CCOC(=O)C1=C[C@H](c2ccc(OC)cc2)C2=C(CC(C)(C)CC2=O)N1. The summed E-state index contributed by atoms with van der Waals surface area (Å²) in [5.74, 6) is 0.222. The maximum atomic E-state index is 12.9. The predicted molar refractivity (Wildman–Crippen MR) is 98.6 cm³/mol. The van der Waals surface area contributed by atoms with Crippen molar-refractivity contribution in [2.45, 2.75) is 39.5 Å². The molecular weight excluding hydrogens is 330 g/mol. The highest BCUT2D eigenvalue weighted by Gasteiger charge is 2.39. The van der Waals surface area contributed by atoms with E-state index < -0.39 is 5.97 Å². The second-order valence-electron chi connectivity index (χ2n) is 7.51. The number of methoxy groups -OCH3 is 1. The van der Waals surface area contributed by atoms with Crippen molar-refractivity contribution in [3.8, 4) is 5.75 Å². The third-order valence-electron chi connectivity index (χ3n) is 4.82. The maximum absolute atomic E-state index is 12.9. The molecule has 1 aromatic carbocycles. The number of benzene rings is 1. The lowest BCUT2D eigenvalue weighted by molar-refractivity contribution is -0.139. The number of dihydropyridines is 1. The van der Waals surface area contributed by atoms with E-state index in [1.54, 1.807) is 20.1 Å². The topological polar surface area (TPSA) is 64.6 Å². The van der Waals surface area contributed by atoms with Crippen molar-refractivity contribution in [1.29, 1.82) is 0 Å². The Bertz CT molecular complexity index is 787. The Labute approximate surface area is 154 Å². The van der Waals surface area contributed by atoms with Gasteiger partial charge in [0.15, 0.2) is 5.78 Å². The molecule has 1 aromatic rings. The molecule has 1 aliphatic heterocycles. The Morgan fingerprint density at radius 2 is 1.92 bits per heavy atom. The number of ketones is 1. The summed E-state index contributed by atoms with van der Waals surface area (Å²) in [5.41, 5.74) is 2.80. The van der Waals surface area contributed by atoms with Gasteiger partial charge < -0.3 is 14.8 Å². The molecule has 26 heavy (non-hydrogen) atoms. The van der Waals surface area contributed by atoms with E-state index in [1.165, 1.54) is 0 Å². The van der Waals surface area contributed by atoms with Crippen LogP contribution in [0.15, 0.2) is 47.3 Å². The highest BCUT2D eigenvalue weighted by Crippen LogP contribution is 2.43. The largest absolute Gasteiger partial charge is 0.497 e. The van der Waals surface area contributed by atoms with Crippen LogP contribution in [0.4, 0.5) is 0 Å². The van der Waals surface area contributed by atoms with Crippen LogP contribution in [0.5, 0.6) is 5.75 Å². The number of ether oxygens (including phenoxy) is 2. The number of carbonyl (C=O) groups excluding carboxylic acids is 2. The number of hydrogen-bond acceptors (Lipinski definition) is 5. The molecule has 1 atom stereocenters. The van der Waals surface area contributed by atoms with Crippen LogP contribution in [0.2, 0.25) is 0 Å². The van der Waals surface area contributed by atoms with Gasteiger partial charge in [0.2, 0.25) is 0 Å². The predicted octanol–water partition coefficient (Wildman–Crippen LogP) is 3.47. The first-order chi connectivity index (χ1) is 12.3. The van der Waals surface area contributed by atoms with Gasteiger partial charge in [-0.25, -0.2) is 4.79 Å². The number of Topliss-reactive ketones (excluding diaryl/α,β-unsaturated/α-hetero) is 1. The first kappa shape index (κ1) is 18.2. The van der Waals surface area contributed by atoms with Crippen LogP contribution in [0, 0.1) is 5.41 Å². The zero-order valence-corrected chi connectivity index (χ0v) is 15.7. The van der Waals surface area contributed by atoms with Crippen LogP contribution in [0.3, 0.4) is 0 Å². The molecule has 138 valence electrons. The van der Waals surface area contributed by atoms with Crippen LogP contribution in [0.1, 0.15) is 45.1 Å². The summed E-state index contributed by atoms with van der Waals surface area (Å²) < 4.78 is 10.4. The van der Waals surface area contributed by atoms with Crippen LogP contribution in [-0.2, 0) is 14.3 Å². The fraction of sp³-hybridized carbons (Fsp3) is 0.429. The summed E-state index contributed by atoms with van der Waals surface area (Å²) >= 11 is 0. The van der Waals surface area contributed by atoms with E-state index in [4.69, 9.17) is 9.47 Å². The van der Waals surface area contributed by atoms with Crippen molar-refractivity contribution in [1.82, 2.24) is 5.32 Å². The van der Waals surface area contributed by atoms with Gasteiger partial charge in [-0.15, -0.1) is 0 Å². The van der Waals surface area contributed by atoms with E-state index in [9.17, 15) is 9.59 Å². The molecule has 0 amide bonds. The van der Waals surface area contributed by atoms with Gasteiger partial charge in [0.05, 0.1) is 13.7 Å². The number of allylic oxidation sites excluding steroid dienone is 3. The fourth-order valence-electron chi connectivity index (χ4n) is 3.66. The Morgan fingerprint density at radius 3 is 2.54 bits per heavy atom. The lowest BCUT2D eigenvalue weighted by Crippen LogP contribution is -2.37. The highest BCUT2D eigenvalue weighted by atomic mass is 16.5. The Hall–Kier alpha value is -2.56. The molecule has 0 saturated carbocycles. The number of esters is 1. The number of rotatable bonds is 4. The summed E-state index contributed by atoms with van der Waals surface area (Å²) in [6.45, 7) is 6.23. The monoisotopic (exact) mass is 355 g/mol. The van der Waals surface area contributed by atoms with Gasteiger partial charge in [0.25, 0.3) is 0 Å². The molecule has 1 aliphatic carbocycles. The summed E-state index contributed by atoms with van der Waals surface area (Å²) in [6.07, 6.45) is 3.02. The second kappa shape index (κ2) is 6.98. The summed E-state index contributed by atoms with van der Waals surface area (Å²) in [7, 11) is 1.62. The van der Waals surface area contributed by atoms with Crippen molar-refractivity contribution in [3.05, 3.63) is 52.9 Å². The highest BCUT2D eigenvalue weighted by molar-refractivity contribution is 6.01. The zero-order valence-electron chi connectivity index (χ0n) is 15.7. The quantitative estimate of drug-likeness (QED) is 0.838. The van der Waals surface area contributed by atoms with E-state index in [0.29, 0.717) is 18.7 Å². The van der Waals surface area contributed by atoms with E-state index in [2.05, 4.69) is 19.2 Å². The fourth-order valence-corrected chi connectivity index (χ4v) is 3.66. The van der Waals surface area contributed by atoms with Gasteiger partial charge >= 0.3 is 5.97 Å². The Morgan fingerprint density at radius 1 is 1.23 bits per heavy atom. The van der Waals surface area contributed by atoms with Crippen molar-refractivity contribution in [2.24, 2.45) is 5.41 Å². The number of carbonyl (C=O) groups is 2. The van der Waals surface area contributed by atoms with Crippen LogP contribution >= 0.6 is 0 Å². The molecule has 1 heterocycles. The molecule has 2 aliphatic rings. The van der Waals surface area contributed by atoms with Crippen LogP contribution in [0.25, 0.3) is 0 Å². The summed E-state index contributed by atoms with van der Waals surface area (Å²) in [6, 6.07) is 7.61. The number of hydrogen-bond donors (Lipinski definition) is 1. The van der Waals surface area contributed by atoms with Gasteiger partial charge in [-0.3, -0.25) is 4.79 Å². The molecule has 0 unspecified atom stereocenters. The van der Waals surface area contributed by atoms with Gasteiger partial charge in [0.1, 0.15) is 11.4 Å². The number of nitrogens with one attached hydrogen (secondary N) is 1. The molecule has 0 radical (unpaired) electrons. The Balaban J connectivity index is 2.05. The third kappa shape index (κ3) is 3.52. The van der Waals surface area contributed by atoms with Crippen molar-refractivity contribution in [3.63, 3.8) is 0 Å². The molecule has 1 N–H and O–H groups in total. The normalized spacial score (nSPS) is 21.5. The van der Waals surface area contributed by atoms with Crippen molar-refractivity contribution < 1.29 is 19.1 Å². The summed E-state index contributed by atoms with van der Waals surface area (Å²) in [4.78, 5) is 25.2. The lowest BCUT2D eigenvalue weighted by atomic mass is 9.70. The maximum Gasteiger partial charge on any atom is 0.354 e. The average molecular weight is 355 g/mol. The van der Waals surface area contributed by atoms with Crippen molar-refractivity contribution in [2.75, 3.05) is 13.7 Å². The van der Waals surface area contributed by atoms with Crippen molar-refractivity contribution >= 4 is 11.8 Å². The third-order valence-corrected chi connectivity index (χ3v) is 4.82. The first-order valence-electron chi connectivity index (χ1n) is 8.91. The molecule has 0 saturated heterocycles. The molecule has 0 aromatic heterocycles. The molecule has 0 bridgehead atoms. The molecule has 0 fully saturated rings. The lowest BCUT2D eigenvalue weighted by Gasteiger charge is -2.37. The second-order valence-corrected chi connectivity index (χ2v) is 7.51. The minimum Gasteiger partial charge on any atom is -0.497 e. The summed E-state index contributed by atoms with van der Waals surface area (Å²) in [5, 5.41) is 3.17. The molecule has 5 nitrogen and oxygen atoms in total. The smallest absolute Gasteiger partial charge is 0.354 e. The molecule has 0 spiro atoms. The van der Waals surface area contributed by atoms with E-state index in [-0.39, 0.29) is 17.1 Å². The molecular formula is C21H25NO4. The van der Waals surface area contributed by atoms with E-state index >= 15 is 0 Å².